The van der Waals surface area contributed by atoms with Crippen LogP contribution in [0.2, 0.25) is 0 Å². The Kier molecular flexibility index (Phi) is 6.77. The summed E-state index contributed by atoms with van der Waals surface area (Å²) >= 11 is 0. The Labute approximate surface area is 184 Å². The Morgan fingerprint density at radius 3 is 1.42 bits per heavy atom. The summed E-state index contributed by atoms with van der Waals surface area (Å²) in [5.74, 6) is 0.227. The van der Waals surface area contributed by atoms with Crippen LogP contribution in [0.25, 0.3) is 0 Å². The number of hydrogen-bond donors (Lipinski definition) is 0. The minimum Gasteiger partial charge on any atom is -0.382 e. The molecule has 176 valence electrons. The molecule has 0 radical (unpaired) electrons. The van der Waals surface area contributed by atoms with E-state index in [9.17, 15) is 14.2 Å². The van der Waals surface area contributed by atoms with Gasteiger partial charge in [0.25, 0.3) is 0 Å². The van der Waals surface area contributed by atoms with Gasteiger partial charge < -0.3 is 18.5 Å². The van der Waals surface area contributed by atoms with Crippen molar-refractivity contribution in [3.8, 4) is 0 Å². The van der Waals surface area contributed by atoms with Crippen LogP contribution in [0.1, 0.15) is 25.7 Å². The van der Waals surface area contributed by atoms with Gasteiger partial charge in [-0.2, -0.15) is 0 Å². The van der Waals surface area contributed by atoms with Gasteiger partial charge in [-0.15, -0.1) is 0 Å². The summed E-state index contributed by atoms with van der Waals surface area (Å²) in [6.45, 7) is 4.95. The first kappa shape index (κ1) is 23.5. The van der Waals surface area contributed by atoms with E-state index >= 15 is 0 Å². The second kappa shape index (κ2) is 8.93. The van der Waals surface area contributed by atoms with Gasteiger partial charge in [-0.25, -0.2) is 0 Å². The Hall–Kier alpha value is -0.670. The van der Waals surface area contributed by atoms with Crippen LogP contribution >= 0.6 is 7.60 Å². The van der Waals surface area contributed by atoms with E-state index < -0.39 is 18.7 Å². The number of fused-ring (bicyclic) bond motifs is 6. The van der Waals surface area contributed by atoms with Crippen molar-refractivity contribution in [3.05, 3.63) is 0 Å². The Morgan fingerprint density at radius 2 is 1.13 bits per heavy atom. The topological polar surface area (TPSA) is 94.6 Å². The summed E-state index contributed by atoms with van der Waals surface area (Å²) in [6, 6.07) is 0. The first-order valence-electron chi connectivity index (χ1n) is 11.2. The highest BCUT2D eigenvalue weighted by atomic mass is 31.2. The van der Waals surface area contributed by atoms with Gasteiger partial charge in [0.15, 0.2) is 11.6 Å². The lowest BCUT2D eigenvalue weighted by molar-refractivity contribution is -0.158. The van der Waals surface area contributed by atoms with Gasteiger partial charge in [-0.1, -0.05) is 0 Å². The summed E-state index contributed by atoms with van der Waals surface area (Å²) in [5, 5.41) is 0. The molecule has 4 bridgehead atoms. The van der Waals surface area contributed by atoms with E-state index in [4.69, 9.17) is 18.5 Å². The zero-order valence-electron chi connectivity index (χ0n) is 18.8. The van der Waals surface area contributed by atoms with Crippen LogP contribution in [0.15, 0.2) is 0 Å². The second-order valence-electron chi connectivity index (χ2n) is 9.50. The highest BCUT2D eigenvalue weighted by molar-refractivity contribution is 7.52. The fraction of sp³-hybridized carbons (Fsp3) is 0.905. The van der Waals surface area contributed by atoms with E-state index in [0.29, 0.717) is 0 Å². The molecule has 0 aliphatic carbocycles. The summed E-state index contributed by atoms with van der Waals surface area (Å²) in [5.41, 5.74) is -1.84. The molecule has 6 fully saturated rings. The van der Waals surface area contributed by atoms with Gasteiger partial charge in [-0.3, -0.25) is 24.0 Å². The predicted molar refractivity (Wildman–Crippen MR) is 113 cm³/mol. The van der Waals surface area contributed by atoms with Crippen molar-refractivity contribution in [1.82, 2.24) is 9.80 Å². The van der Waals surface area contributed by atoms with Gasteiger partial charge >= 0.3 is 7.60 Å². The molecule has 0 saturated carbocycles. The third-order valence-corrected chi connectivity index (χ3v) is 8.90. The molecule has 31 heavy (non-hydrogen) atoms. The molecule has 9 nitrogen and oxygen atoms in total. The predicted octanol–water partition coefficient (Wildman–Crippen LogP) is 1.20. The SMILES string of the molecule is COCC1(COP(C)(=O)OCC2(COC)C(=O)C3CCN2CC3)C(=O)C2CCN1CC2. The second-order valence-corrected chi connectivity index (χ2v) is 11.6. The van der Waals surface area contributed by atoms with Crippen molar-refractivity contribution in [2.75, 3.05) is 73.5 Å². The van der Waals surface area contributed by atoms with Crippen molar-refractivity contribution in [2.45, 2.75) is 36.8 Å². The number of ether oxygens (including phenoxy) is 2. The first-order valence-corrected chi connectivity index (χ1v) is 13.2. The summed E-state index contributed by atoms with van der Waals surface area (Å²) in [6.07, 6.45) is 3.40. The normalized spacial score (nSPS) is 41.5. The number of carbonyl (C=O) groups excluding carboxylic acids is 2. The molecular weight excluding hydrogens is 423 g/mol. The summed E-state index contributed by atoms with van der Waals surface area (Å²) in [7, 11) is -0.399. The first-order chi connectivity index (χ1) is 14.8. The molecule has 6 saturated heterocycles. The van der Waals surface area contributed by atoms with Crippen LogP contribution < -0.4 is 0 Å². The number of carbonyl (C=O) groups is 2. The zero-order chi connectivity index (χ0) is 22.3. The maximum atomic E-state index is 13.2. The van der Waals surface area contributed by atoms with Gasteiger partial charge in [0.05, 0.1) is 26.4 Å². The lowest BCUT2D eigenvalue weighted by Gasteiger charge is -2.53. The van der Waals surface area contributed by atoms with Crippen molar-refractivity contribution in [1.29, 1.82) is 0 Å². The number of methoxy groups -OCH3 is 2. The summed E-state index contributed by atoms with van der Waals surface area (Å²) in [4.78, 5) is 30.4. The van der Waals surface area contributed by atoms with Crippen LogP contribution in [0.5, 0.6) is 0 Å². The molecule has 0 amide bonds. The Morgan fingerprint density at radius 1 is 0.774 bits per heavy atom. The highest BCUT2D eigenvalue weighted by Crippen LogP contribution is 2.49. The molecule has 2 atom stereocenters. The third-order valence-electron chi connectivity index (χ3n) is 7.70. The van der Waals surface area contributed by atoms with E-state index in [1.165, 1.54) is 6.66 Å². The zero-order valence-corrected chi connectivity index (χ0v) is 19.7. The lowest BCUT2D eigenvalue weighted by Crippen LogP contribution is -2.69. The molecular formula is C21H35N2O7P. The van der Waals surface area contributed by atoms with E-state index in [-0.39, 0.29) is 49.8 Å². The highest BCUT2D eigenvalue weighted by Gasteiger charge is 2.56. The molecule has 6 rings (SSSR count). The standard InChI is InChI=1S/C21H35N2O7P/c1-27-12-20(18(24)16-4-8-22(20)9-5-16)14-29-31(3,26)30-15-21(13-28-2)19(25)17-6-10-23(21)11-7-17/h16-17H,4-15H2,1-3H3. The number of nitrogens with zero attached hydrogens (tertiary/aromatic N) is 2. The fourth-order valence-corrected chi connectivity index (χ4v) is 6.88. The van der Waals surface area contributed by atoms with E-state index in [1.807, 2.05) is 0 Å². The fourth-order valence-electron chi connectivity index (χ4n) is 5.91. The Bertz CT molecular complexity index is 690. The smallest absolute Gasteiger partial charge is 0.327 e. The molecule has 6 aliphatic heterocycles. The minimum absolute atomic E-state index is 0.00842. The molecule has 0 spiro atoms. The van der Waals surface area contributed by atoms with E-state index in [1.54, 1.807) is 14.2 Å². The van der Waals surface area contributed by atoms with Gasteiger partial charge in [0, 0.05) is 32.7 Å². The van der Waals surface area contributed by atoms with Crippen molar-refractivity contribution >= 4 is 19.2 Å². The molecule has 10 heteroatoms. The molecule has 0 aromatic heterocycles. The number of piperidine rings is 6. The van der Waals surface area contributed by atoms with E-state index in [0.717, 1.165) is 51.9 Å². The number of Topliss-reactive ketones (excluding diaryl/α,β-unsaturated/α-hetero) is 2. The van der Waals surface area contributed by atoms with Gasteiger partial charge in [-0.05, 0) is 51.9 Å². The van der Waals surface area contributed by atoms with Crippen molar-refractivity contribution in [3.63, 3.8) is 0 Å². The lowest BCUT2D eigenvalue weighted by atomic mass is 9.74. The quantitative estimate of drug-likeness (QED) is 0.448. The Balaban J connectivity index is 1.44. The number of ketones is 2. The van der Waals surface area contributed by atoms with Gasteiger partial charge in [0.1, 0.15) is 11.1 Å². The minimum atomic E-state index is -3.52. The average Bonchev–Trinajstić information content (AvgIpc) is 2.78. The van der Waals surface area contributed by atoms with Gasteiger partial charge in [0.2, 0.25) is 0 Å². The monoisotopic (exact) mass is 458 g/mol. The van der Waals surface area contributed by atoms with Crippen LogP contribution in [0.3, 0.4) is 0 Å². The third kappa shape index (κ3) is 4.07. The molecule has 2 unspecified atom stereocenters. The van der Waals surface area contributed by atoms with Crippen molar-refractivity contribution in [2.24, 2.45) is 11.8 Å². The number of hydrogen-bond acceptors (Lipinski definition) is 9. The van der Waals surface area contributed by atoms with Crippen molar-refractivity contribution < 1.29 is 32.7 Å². The molecule has 6 heterocycles. The van der Waals surface area contributed by atoms with Crippen LogP contribution in [0, 0.1) is 11.8 Å². The molecule has 6 aliphatic rings. The van der Waals surface area contributed by atoms with Crippen LogP contribution in [-0.4, -0.2) is 106 Å². The molecule has 0 aromatic rings. The largest absolute Gasteiger partial charge is 0.382 e. The summed E-state index contributed by atoms with van der Waals surface area (Å²) < 4.78 is 35.6. The van der Waals surface area contributed by atoms with Crippen LogP contribution in [-0.2, 0) is 32.7 Å². The average molecular weight is 458 g/mol. The molecule has 0 N–H and O–H groups in total. The maximum Gasteiger partial charge on any atom is 0.327 e. The number of rotatable bonds is 10. The molecule has 0 aromatic carbocycles. The maximum absolute atomic E-state index is 13.2. The van der Waals surface area contributed by atoms with E-state index in [2.05, 4.69) is 9.80 Å². The van der Waals surface area contributed by atoms with Crippen LogP contribution in [0.4, 0.5) is 0 Å².